The largest absolute Gasteiger partial charge is 0.496 e. The van der Waals surface area contributed by atoms with E-state index in [4.69, 9.17) is 10.5 Å². The van der Waals surface area contributed by atoms with Gasteiger partial charge in [0.1, 0.15) is 5.75 Å². The fourth-order valence-electron chi connectivity index (χ4n) is 2.18. The predicted molar refractivity (Wildman–Crippen MR) is 71.6 cm³/mol. The van der Waals surface area contributed by atoms with E-state index in [1.807, 2.05) is 22.9 Å². The summed E-state index contributed by atoms with van der Waals surface area (Å²) in [4.78, 5) is 0. The summed E-state index contributed by atoms with van der Waals surface area (Å²) in [6.45, 7) is 3.05. The van der Waals surface area contributed by atoms with Crippen LogP contribution in [0.15, 0.2) is 18.2 Å². The summed E-state index contributed by atoms with van der Waals surface area (Å²) in [6, 6.07) is 5.55. The Morgan fingerprint density at radius 2 is 2.21 bits per heavy atom. The molecule has 0 amide bonds. The van der Waals surface area contributed by atoms with Crippen molar-refractivity contribution in [3.63, 3.8) is 0 Å². The van der Waals surface area contributed by atoms with Crippen LogP contribution in [0.1, 0.15) is 19.8 Å². The van der Waals surface area contributed by atoms with E-state index in [2.05, 4.69) is 22.4 Å². The summed E-state index contributed by atoms with van der Waals surface area (Å²) in [7, 11) is 1.62. The second-order valence-electron chi connectivity index (χ2n) is 5.40. The molecule has 0 saturated heterocycles. The number of aromatic nitrogens is 4. The Bertz CT molecular complexity index is 603. The number of nitrogens with zero attached hydrogens (tertiary/aromatic N) is 4. The molecule has 6 heteroatoms. The number of benzene rings is 1. The van der Waals surface area contributed by atoms with Gasteiger partial charge >= 0.3 is 0 Å². The molecule has 19 heavy (non-hydrogen) atoms. The summed E-state index contributed by atoms with van der Waals surface area (Å²) < 4.78 is 7.18. The molecule has 1 aromatic carbocycles. The summed E-state index contributed by atoms with van der Waals surface area (Å²) >= 11 is 0. The summed E-state index contributed by atoms with van der Waals surface area (Å²) in [5.41, 5.74) is 7.75. The lowest BCUT2D eigenvalue weighted by molar-refractivity contribution is 0.412. The third-order valence-corrected chi connectivity index (χ3v) is 3.67. The standard InChI is InChI=1S/C13H17N5O/c1-13(6-7-13)8-18-12(15-16-17-18)11-9(14)4-3-5-10(11)19-2/h3-5H,6-8,14H2,1-2H3. The summed E-state index contributed by atoms with van der Waals surface area (Å²) in [6.07, 6.45) is 2.43. The topological polar surface area (TPSA) is 78.8 Å². The van der Waals surface area contributed by atoms with E-state index in [-0.39, 0.29) is 0 Å². The molecule has 100 valence electrons. The van der Waals surface area contributed by atoms with Crippen LogP contribution in [-0.2, 0) is 6.54 Å². The van der Waals surface area contributed by atoms with E-state index >= 15 is 0 Å². The second-order valence-corrected chi connectivity index (χ2v) is 5.40. The van der Waals surface area contributed by atoms with E-state index in [1.165, 1.54) is 12.8 Å². The molecule has 3 rings (SSSR count). The van der Waals surface area contributed by atoms with Crippen LogP contribution >= 0.6 is 0 Å². The van der Waals surface area contributed by atoms with Gasteiger partial charge in [0, 0.05) is 5.69 Å². The number of tetrazole rings is 1. The third kappa shape index (κ3) is 2.14. The smallest absolute Gasteiger partial charge is 0.187 e. The van der Waals surface area contributed by atoms with Gasteiger partial charge in [0.25, 0.3) is 0 Å². The Labute approximate surface area is 111 Å². The SMILES string of the molecule is COc1cccc(N)c1-c1nnnn1CC1(C)CC1. The Morgan fingerprint density at radius 1 is 1.42 bits per heavy atom. The lowest BCUT2D eigenvalue weighted by Gasteiger charge is -2.13. The van der Waals surface area contributed by atoms with Gasteiger partial charge in [-0.05, 0) is 40.8 Å². The van der Waals surface area contributed by atoms with Crippen molar-refractivity contribution in [1.82, 2.24) is 20.2 Å². The van der Waals surface area contributed by atoms with E-state index in [1.54, 1.807) is 7.11 Å². The normalized spacial score (nSPS) is 16.3. The van der Waals surface area contributed by atoms with Crippen LogP contribution in [-0.4, -0.2) is 27.3 Å². The third-order valence-electron chi connectivity index (χ3n) is 3.67. The molecule has 0 unspecified atom stereocenters. The van der Waals surface area contributed by atoms with Gasteiger partial charge in [-0.15, -0.1) is 5.10 Å². The minimum atomic E-state index is 0.320. The van der Waals surface area contributed by atoms with Gasteiger partial charge in [0.15, 0.2) is 5.82 Å². The number of nitrogen functional groups attached to an aromatic ring is 1. The molecule has 2 N–H and O–H groups in total. The maximum atomic E-state index is 6.05. The molecule has 0 spiro atoms. The Balaban J connectivity index is 2.05. The number of anilines is 1. The average Bonchev–Trinajstić information content (AvgIpc) is 2.95. The first-order chi connectivity index (χ1) is 9.13. The molecule has 0 bridgehead atoms. The fraction of sp³-hybridized carbons (Fsp3) is 0.462. The van der Waals surface area contributed by atoms with E-state index < -0.39 is 0 Å². The van der Waals surface area contributed by atoms with Crippen molar-refractivity contribution in [1.29, 1.82) is 0 Å². The molecule has 1 fully saturated rings. The zero-order valence-electron chi connectivity index (χ0n) is 11.1. The van der Waals surface area contributed by atoms with Crippen LogP contribution in [0, 0.1) is 5.41 Å². The van der Waals surface area contributed by atoms with Crippen LogP contribution in [0.25, 0.3) is 11.4 Å². The number of hydrogen-bond acceptors (Lipinski definition) is 5. The highest BCUT2D eigenvalue weighted by atomic mass is 16.5. The maximum Gasteiger partial charge on any atom is 0.187 e. The Morgan fingerprint density at radius 3 is 2.89 bits per heavy atom. The van der Waals surface area contributed by atoms with Gasteiger partial charge in [-0.1, -0.05) is 13.0 Å². The van der Waals surface area contributed by atoms with Crippen molar-refractivity contribution in [2.75, 3.05) is 12.8 Å². The van der Waals surface area contributed by atoms with Crippen molar-refractivity contribution < 1.29 is 4.74 Å². The van der Waals surface area contributed by atoms with Crippen LogP contribution in [0.2, 0.25) is 0 Å². The van der Waals surface area contributed by atoms with Gasteiger partial charge in [-0.3, -0.25) is 0 Å². The number of nitrogens with two attached hydrogens (primary N) is 1. The average molecular weight is 259 g/mol. The van der Waals surface area contributed by atoms with Crippen molar-refractivity contribution in [3.05, 3.63) is 18.2 Å². The molecule has 0 radical (unpaired) electrons. The van der Waals surface area contributed by atoms with Crippen LogP contribution in [0.4, 0.5) is 5.69 Å². The van der Waals surface area contributed by atoms with Crippen LogP contribution in [0.3, 0.4) is 0 Å². The number of hydrogen-bond donors (Lipinski definition) is 1. The van der Waals surface area contributed by atoms with E-state index in [9.17, 15) is 0 Å². The van der Waals surface area contributed by atoms with Crippen molar-refractivity contribution in [2.45, 2.75) is 26.3 Å². The lowest BCUT2D eigenvalue weighted by Crippen LogP contribution is -2.12. The molecule has 0 atom stereocenters. The Kier molecular flexibility index (Phi) is 2.66. The number of methoxy groups -OCH3 is 1. The highest BCUT2D eigenvalue weighted by Crippen LogP contribution is 2.47. The van der Waals surface area contributed by atoms with Crippen LogP contribution in [0.5, 0.6) is 5.75 Å². The summed E-state index contributed by atoms with van der Waals surface area (Å²) in [5.74, 6) is 1.36. The second kappa shape index (κ2) is 4.22. The van der Waals surface area contributed by atoms with Gasteiger partial charge in [-0.25, -0.2) is 4.68 Å². The molecule has 6 nitrogen and oxygen atoms in total. The minimum Gasteiger partial charge on any atom is -0.496 e. The van der Waals surface area contributed by atoms with Crippen molar-refractivity contribution in [2.24, 2.45) is 5.41 Å². The molecule has 0 aliphatic heterocycles. The first-order valence-electron chi connectivity index (χ1n) is 6.32. The monoisotopic (exact) mass is 259 g/mol. The zero-order valence-corrected chi connectivity index (χ0v) is 11.1. The summed E-state index contributed by atoms with van der Waals surface area (Å²) in [5, 5.41) is 12.0. The molecular weight excluding hydrogens is 242 g/mol. The maximum absolute atomic E-state index is 6.05. The van der Waals surface area contributed by atoms with Gasteiger partial charge in [0.2, 0.25) is 0 Å². The number of rotatable bonds is 4. The molecule has 2 aromatic rings. The lowest BCUT2D eigenvalue weighted by atomic mass is 10.1. The molecular formula is C13H17N5O. The highest BCUT2D eigenvalue weighted by Gasteiger charge is 2.38. The van der Waals surface area contributed by atoms with E-state index in [0.717, 1.165) is 12.1 Å². The zero-order chi connectivity index (χ0) is 13.5. The first-order valence-corrected chi connectivity index (χ1v) is 6.32. The van der Waals surface area contributed by atoms with Gasteiger partial charge in [0.05, 0.1) is 19.2 Å². The predicted octanol–water partition coefficient (Wildman–Crippen LogP) is 1.73. The highest BCUT2D eigenvalue weighted by molar-refractivity contribution is 5.77. The van der Waals surface area contributed by atoms with Crippen molar-refractivity contribution >= 4 is 5.69 Å². The van der Waals surface area contributed by atoms with Gasteiger partial charge < -0.3 is 10.5 Å². The quantitative estimate of drug-likeness (QED) is 0.846. The molecule has 1 aliphatic rings. The molecule has 1 saturated carbocycles. The molecule has 1 heterocycles. The fourth-order valence-corrected chi connectivity index (χ4v) is 2.18. The van der Waals surface area contributed by atoms with Crippen LogP contribution < -0.4 is 10.5 Å². The van der Waals surface area contributed by atoms with Crippen molar-refractivity contribution in [3.8, 4) is 17.1 Å². The van der Waals surface area contributed by atoms with E-state index in [0.29, 0.717) is 22.7 Å². The number of ether oxygens (including phenoxy) is 1. The molecule has 1 aliphatic carbocycles. The molecule has 1 aromatic heterocycles. The van der Waals surface area contributed by atoms with Gasteiger partial charge in [-0.2, -0.15) is 0 Å². The first kappa shape index (κ1) is 12.0. The Hall–Kier alpha value is -2.11. The minimum absolute atomic E-state index is 0.320.